The minimum absolute atomic E-state index is 0.499. The van der Waals surface area contributed by atoms with E-state index in [0.717, 1.165) is 5.92 Å². The molecule has 0 heteroatoms. The summed E-state index contributed by atoms with van der Waals surface area (Å²) in [5, 5.41) is 0. The Hall–Kier alpha value is -1.13. The lowest BCUT2D eigenvalue weighted by Gasteiger charge is -2.28. The molecular weight excluding hydrogens is 216 g/mol. The van der Waals surface area contributed by atoms with Crippen LogP contribution in [0.25, 0.3) is 0 Å². The molecule has 18 heavy (non-hydrogen) atoms. The van der Waals surface area contributed by atoms with Gasteiger partial charge in [-0.25, -0.2) is 0 Å². The van der Waals surface area contributed by atoms with Crippen LogP contribution < -0.4 is 0 Å². The van der Waals surface area contributed by atoms with Gasteiger partial charge in [-0.2, -0.15) is 0 Å². The van der Waals surface area contributed by atoms with Gasteiger partial charge in [-0.1, -0.05) is 58.0 Å². The van der Waals surface area contributed by atoms with Gasteiger partial charge in [0.05, 0.1) is 0 Å². The van der Waals surface area contributed by atoms with Gasteiger partial charge in [0.2, 0.25) is 6.58 Å². The van der Waals surface area contributed by atoms with Gasteiger partial charge in [-0.3, -0.25) is 0 Å². The SMILES string of the molecule is [CH+]=C[C@H](C)C(C)[C@H](C)[C@@H](C)CCc1ccccc1. The first-order valence-corrected chi connectivity index (χ1v) is 7.15. The van der Waals surface area contributed by atoms with Crippen molar-refractivity contribution in [3.8, 4) is 0 Å². The van der Waals surface area contributed by atoms with E-state index in [1.54, 1.807) is 0 Å². The van der Waals surface area contributed by atoms with Crippen LogP contribution >= 0.6 is 0 Å². The molecule has 1 unspecified atom stereocenters. The molecule has 1 aromatic rings. The molecule has 1 rings (SSSR count). The van der Waals surface area contributed by atoms with Crippen LogP contribution in [0, 0.1) is 30.3 Å². The van der Waals surface area contributed by atoms with Crippen molar-refractivity contribution in [2.24, 2.45) is 23.7 Å². The van der Waals surface area contributed by atoms with Crippen molar-refractivity contribution in [3.63, 3.8) is 0 Å². The van der Waals surface area contributed by atoms with Crippen molar-refractivity contribution in [3.05, 3.63) is 48.6 Å². The van der Waals surface area contributed by atoms with Gasteiger partial charge in [0.1, 0.15) is 0 Å². The van der Waals surface area contributed by atoms with Crippen molar-refractivity contribution in [1.82, 2.24) is 0 Å². The maximum Gasteiger partial charge on any atom is 0.202 e. The zero-order chi connectivity index (χ0) is 13.5. The summed E-state index contributed by atoms with van der Waals surface area (Å²) in [6, 6.07) is 10.8. The Morgan fingerprint density at radius 1 is 1.00 bits per heavy atom. The van der Waals surface area contributed by atoms with Gasteiger partial charge in [-0.05, 0) is 36.2 Å². The Balaban J connectivity index is 2.45. The number of rotatable bonds is 7. The number of hydrogen-bond donors (Lipinski definition) is 0. The molecule has 1 aromatic carbocycles. The zero-order valence-corrected chi connectivity index (χ0v) is 12.3. The van der Waals surface area contributed by atoms with Crippen molar-refractivity contribution in [2.45, 2.75) is 40.5 Å². The van der Waals surface area contributed by atoms with Crippen molar-refractivity contribution in [1.29, 1.82) is 0 Å². The monoisotopic (exact) mass is 243 g/mol. The first kappa shape index (κ1) is 14.9. The molecule has 0 aliphatic heterocycles. The highest BCUT2D eigenvalue weighted by molar-refractivity contribution is 5.14. The second-order valence-electron chi connectivity index (χ2n) is 5.77. The number of benzene rings is 1. The van der Waals surface area contributed by atoms with Gasteiger partial charge in [0.25, 0.3) is 0 Å². The van der Waals surface area contributed by atoms with Crippen LogP contribution in [0.5, 0.6) is 0 Å². The third kappa shape index (κ3) is 4.27. The summed E-state index contributed by atoms with van der Waals surface area (Å²) >= 11 is 0. The first-order chi connectivity index (χ1) is 8.56. The Morgan fingerprint density at radius 3 is 2.17 bits per heavy atom. The molecule has 0 aliphatic carbocycles. The first-order valence-electron chi connectivity index (χ1n) is 7.15. The smallest absolute Gasteiger partial charge is 0.0622 e. The molecular formula is C18H27+. The van der Waals surface area contributed by atoms with E-state index >= 15 is 0 Å². The zero-order valence-electron chi connectivity index (χ0n) is 12.3. The normalized spacial score (nSPS) is 17.7. The molecule has 0 aliphatic rings. The minimum atomic E-state index is 0.499. The second kappa shape index (κ2) is 7.34. The molecule has 0 N–H and O–H groups in total. The van der Waals surface area contributed by atoms with E-state index in [2.05, 4.69) is 58.0 Å². The lowest BCUT2D eigenvalue weighted by molar-refractivity contribution is 0.228. The largest absolute Gasteiger partial charge is 0.202 e. The van der Waals surface area contributed by atoms with Gasteiger partial charge >= 0.3 is 0 Å². The molecule has 0 radical (unpaired) electrons. The quantitative estimate of drug-likeness (QED) is 0.581. The predicted octanol–water partition coefficient (Wildman–Crippen LogP) is 5.15. The lowest BCUT2D eigenvalue weighted by Crippen LogP contribution is -2.21. The molecule has 0 aromatic heterocycles. The fourth-order valence-electron chi connectivity index (χ4n) is 2.47. The highest BCUT2D eigenvalue weighted by Gasteiger charge is 2.23. The van der Waals surface area contributed by atoms with Crippen molar-refractivity contribution < 1.29 is 0 Å². The Morgan fingerprint density at radius 2 is 1.61 bits per heavy atom. The highest BCUT2D eigenvalue weighted by Crippen LogP contribution is 2.29. The number of aryl methyl sites for hydroxylation is 1. The molecule has 0 spiro atoms. The van der Waals surface area contributed by atoms with Crippen LogP contribution in [0.2, 0.25) is 0 Å². The number of hydrogen-bond acceptors (Lipinski definition) is 0. The summed E-state index contributed by atoms with van der Waals surface area (Å²) in [6.45, 7) is 14.9. The second-order valence-corrected chi connectivity index (χ2v) is 5.77. The van der Waals surface area contributed by atoms with E-state index in [1.165, 1.54) is 18.4 Å². The van der Waals surface area contributed by atoms with Crippen molar-refractivity contribution in [2.75, 3.05) is 0 Å². The molecule has 0 nitrogen and oxygen atoms in total. The summed E-state index contributed by atoms with van der Waals surface area (Å²) in [5.41, 5.74) is 1.45. The van der Waals surface area contributed by atoms with Gasteiger partial charge in [0.15, 0.2) is 6.08 Å². The Labute approximate surface area is 113 Å². The maximum atomic E-state index is 5.65. The van der Waals surface area contributed by atoms with Crippen LogP contribution in [-0.2, 0) is 6.42 Å². The van der Waals surface area contributed by atoms with Crippen LogP contribution in [0.15, 0.2) is 36.4 Å². The van der Waals surface area contributed by atoms with Crippen molar-refractivity contribution >= 4 is 0 Å². The predicted molar refractivity (Wildman–Crippen MR) is 80.3 cm³/mol. The fourth-order valence-corrected chi connectivity index (χ4v) is 2.47. The topological polar surface area (TPSA) is 0 Å². The van der Waals surface area contributed by atoms with Crippen LogP contribution in [0.1, 0.15) is 39.7 Å². The van der Waals surface area contributed by atoms with Gasteiger partial charge in [0, 0.05) is 5.92 Å². The molecule has 0 fully saturated rings. The molecule has 0 saturated heterocycles. The maximum absolute atomic E-state index is 5.65. The lowest BCUT2D eigenvalue weighted by atomic mass is 9.76. The van der Waals surface area contributed by atoms with E-state index in [0.29, 0.717) is 17.8 Å². The van der Waals surface area contributed by atoms with E-state index in [1.807, 2.05) is 6.08 Å². The summed E-state index contributed by atoms with van der Waals surface area (Å²) in [7, 11) is 0. The summed E-state index contributed by atoms with van der Waals surface area (Å²) in [5.74, 6) is 2.60. The van der Waals surface area contributed by atoms with E-state index in [9.17, 15) is 0 Å². The van der Waals surface area contributed by atoms with E-state index in [4.69, 9.17) is 6.58 Å². The Bertz CT molecular complexity index is 338. The third-order valence-electron chi connectivity index (χ3n) is 4.59. The van der Waals surface area contributed by atoms with E-state index < -0.39 is 0 Å². The molecule has 0 heterocycles. The van der Waals surface area contributed by atoms with Crippen LogP contribution in [-0.4, -0.2) is 0 Å². The summed E-state index contributed by atoms with van der Waals surface area (Å²) in [6.07, 6.45) is 4.28. The van der Waals surface area contributed by atoms with Crippen LogP contribution in [0.3, 0.4) is 0 Å². The van der Waals surface area contributed by atoms with E-state index in [-0.39, 0.29) is 0 Å². The van der Waals surface area contributed by atoms with Gasteiger partial charge < -0.3 is 0 Å². The fraction of sp³-hybridized carbons (Fsp3) is 0.556. The van der Waals surface area contributed by atoms with Gasteiger partial charge in [-0.15, -0.1) is 0 Å². The average Bonchev–Trinajstić information content (AvgIpc) is 2.43. The summed E-state index contributed by atoms with van der Waals surface area (Å²) in [4.78, 5) is 0. The molecule has 4 atom stereocenters. The summed E-state index contributed by atoms with van der Waals surface area (Å²) < 4.78 is 0. The molecule has 0 saturated carbocycles. The Kier molecular flexibility index (Phi) is 6.09. The highest BCUT2D eigenvalue weighted by atomic mass is 14.3. The molecule has 0 amide bonds. The third-order valence-corrected chi connectivity index (χ3v) is 4.59. The minimum Gasteiger partial charge on any atom is -0.0622 e. The number of allylic oxidation sites excluding steroid dienone is 1. The molecule has 98 valence electrons. The average molecular weight is 243 g/mol. The molecule has 0 bridgehead atoms. The van der Waals surface area contributed by atoms with Crippen LogP contribution in [0.4, 0.5) is 0 Å². The standard InChI is InChI=1S/C18H27/c1-6-14(2)16(4)17(5)15(3)12-13-18-10-8-7-9-11-18/h1,6-11,14-17H,12-13H2,2-5H3/q+1/t14-,15-,16?,17+/m0/s1.